The maximum absolute atomic E-state index is 4.91. The van der Waals surface area contributed by atoms with Gasteiger partial charge >= 0.3 is 0 Å². The maximum Gasteiger partial charge on any atom is 0.166 e. The average molecular weight is 178 g/mol. The molecule has 0 spiro atoms. The highest BCUT2D eigenvalue weighted by Gasteiger charge is 1.91. The summed E-state index contributed by atoms with van der Waals surface area (Å²) in [5, 5.41) is 0. The Morgan fingerprint density at radius 2 is 1.46 bits per heavy atom. The van der Waals surface area contributed by atoms with Gasteiger partial charge in [0.25, 0.3) is 0 Å². The van der Waals surface area contributed by atoms with Gasteiger partial charge in [-0.25, -0.2) is 0 Å². The third kappa shape index (κ3) is 7.63. The Bertz CT molecular complexity index is 141. The molecule has 0 saturated carbocycles. The third-order valence-corrected chi connectivity index (χ3v) is 1.73. The topological polar surface area (TPSA) is 9.23 Å². The Hall–Kier alpha value is -0.720. The molecular weight excluding hydrogens is 160 g/mol. The highest BCUT2D eigenvalue weighted by molar-refractivity contribution is 4.79. The smallest absolute Gasteiger partial charge is 0.166 e. The molecule has 0 amide bonds. The number of hydrogen-bond donors (Lipinski definition) is 0. The van der Waals surface area contributed by atoms with Gasteiger partial charge in [-0.1, -0.05) is 27.7 Å². The monoisotopic (exact) mass is 178 g/mol. The van der Waals surface area contributed by atoms with Crippen molar-refractivity contribution in [3.05, 3.63) is 38.5 Å². The molecule has 0 aliphatic rings. The SMILES string of the molecule is [CH2]CC(C)/C=[C]\O/[C]=C\C(C)C[CH2]. The van der Waals surface area contributed by atoms with E-state index in [0.717, 1.165) is 12.8 Å². The molecule has 4 radical (unpaired) electrons. The van der Waals surface area contributed by atoms with E-state index in [2.05, 4.69) is 40.2 Å². The van der Waals surface area contributed by atoms with Crippen LogP contribution >= 0.6 is 0 Å². The van der Waals surface area contributed by atoms with E-state index in [1.54, 1.807) is 0 Å². The predicted molar refractivity (Wildman–Crippen MR) is 55.0 cm³/mol. The van der Waals surface area contributed by atoms with Crippen molar-refractivity contribution < 1.29 is 4.74 Å². The van der Waals surface area contributed by atoms with Crippen LogP contribution in [0.1, 0.15) is 26.7 Å². The van der Waals surface area contributed by atoms with E-state index in [1.165, 1.54) is 0 Å². The lowest BCUT2D eigenvalue weighted by molar-refractivity contribution is 0.340. The zero-order chi connectivity index (χ0) is 10.1. The second kappa shape index (κ2) is 7.90. The fourth-order valence-electron chi connectivity index (χ4n) is 0.501. The van der Waals surface area contributed by atoms with Crippen LogP contribution in [0.5, 0.6) is 0 Å². The first kappa shape index (κ1) is 12.3. The minimum absolute atomic E-state index is 0.409. The molecule has 72 valence electrons. The van der Waals surface area contributed by atoms with Crippen LogP contribution < -0.4 is 0 Å². The van der Waals surface area contributed by atoms with Crippen LogP contribution in [-0.2, 0) is 4.74 Å². The van der Waals surface area contributed by atoms with Crippen molar-refractivity contribution in [2.24, 2.45) is 11.8 Å². The molecule has 0 aliphatic heterocycles. The quantitative estimate of drug-likeness (QED) is 0.567. The van der Waals surface area contributed by atoms with Gasteiger partial charge in [-0.05, 0) is 36.8 Å². The lowest BCUT2D eigenvalue weighted by Gasteiger charge is -1.98. The molecule has 0 N–H and O–H groups in total. The van der Waals surface area contributed by atoms with Crippen molar-refractivity contribution in [1.82, 2.24) is 0 Å². The van der Waals surface area contributed by atoms with E-state index in [4.69, 9.17) is 4.74 Å². The molecule has 0 fully saturated rings. The van der Waals surface area contributed by atoms with Crippen LogP contribution in [0.2, 0.25) is 0 Å². The summed E-state index contributed by atoms with van der Waals surface area (Å²) in [5.41, 5.74) is 0. The largest absolute Gasteiger partial charge is 0.450 e. The van der Waals surface area contributed by atoms with Crippen molar-refractivity contribution in [2.45, 2.75) is 26.7 Å². The maximum atomic E-state index is 4.91. The highest BCUT2D eigenvalue weighted by Crippen LogP contribution is 2.02. The summed E-state index contributed by atoms with van der Waals surface area (Å²) >= 11 is 0. The second-order valence-electron chi connectivity index (χ2n) is 3.20. The first-order valence-electron chi connectivity index (χ1n) is 4.62. The Morgan fingerprint density at radius 1 is 1.08 bits per heavy atom. The molecule has 0 aromatic carbocycles. The molecular formula is C12H18O. The van der Waals surface area contributed by atoms with Gasteiger partial charge in [0.1, 0.15) is 0 Å². The Labute approximate surface area is 82.5 Å². The third-order valence-electron chi connectivity index (χ3n) is 1.73. The second-order valence-corrected chi connectivity index (χ2v) is 3.20. The van der Waals surface area contributed by atoms with Gasteiger partial charge in [-0.15, -0.1) is 0 Å². The minimum Gasteiger partial charge on any atom is -0.450 e. The van der Waals surface area contributed by atoms with E-state index in [1.807, 2.05) is 12.2 Å². The van der Waals surface area contributed by atoms with Gasteiger partial charge < -0.3 is 4.74 Å². The normalized spacial score (nSPS) is 16.6. The Balaban J connectivity index is 3.54. The molecule has 1 heteroatoms. The summed E-state index contributed by atoms with van der Waals surface area (Å²) in [6.07, 6.45) is 10.8. The molecule has 0 bridgehead atoms. The van der Waals surface area contributed by atoms with Gasteiger partial charge in [0.05, 0.1) is 0 Å². The van der Waals surface area contributed by atoms with Crippen molar-refractivity contribution in [2.75, 3.05) is 0 Å². The van der Waals surface area contributed by atoms with Crippen molar-refractivity contribution in [3.63, 3.8) is 0 Å². The molecule has 0 rings (SSSR count). The molecule has 0 aromatic heterocycles. The summed E-state index contributed by atoms with van der Waals surface area (Å²) < 4.78 is 4.91. The molecule has 0 heterocycles. The fraction of sp³-hybridized carbons (Fsp3) is 0.500. The molecule has 2 unspecified atom stereocenters. The standard InChI is InChI=1S/C12H18O/c1-5-11(3)7-9-13-10-8-12(4)6-2/h7-8,11-12H,1-2,5-6H2,3-4H3. The van der Waals surface area contributed by atoms with E-state index >= 15 is 0 Å². The zero-order valence-electron chi connectivity index (χ0n) is 8.55. The molecule has 0 aliphatic carbocycles. The van der Waals surface area contributed by atoms with E-state index in [-0.39, 0.29) is 0 Å². The highest BCUT2D eigenvalue weighted by atomic mass is 16.5. The molecule has 2 atom stereocenters. The first-order valence-corrected chi connectivity index (χ1v) is 4.62. The summed E-state index contributed by atoms with van der Waals surface area (Å²) in [5.74, 6) is 0.819. The molecule has 0 saturated heterocycles. The summed E-state index contributed by atoms with van der Waals surface area (Å²) in [4.78, 5) is 0. The van der Waals surface area contributed by atoms with Gasteiger partial charge in [0.15, 0.2) is 12.5 Å². The summed E-state index contributed by atoms with van der Waals surface area (Å²) in [6.45, 7) is 11.6. The zero-order valence-corrected chi connectivity index (χ0v) is 8.55. The lowest BCUT2D eigenvalue weighted by Crippen LogP contribution is -1.87. The number of ether oxygens (including phenoxy) is 1. The average Bonchev–Trinajstić information content (AvgIpc) is 2.16. The summed E-state index contributed by atoms with van der Waals surface area (Å²) in [6, 6.07) is 0. The lowest BCUT2D eigenvalue weighted by atomic mass is 10.1. The number of allylic oxidation sites excluding steroid dienone is 2. The Morgan fingerprint density at radius 3 is 1.77 bits per heavy atom. The van der Waals surface area contributed by atoms with Crippen LogP contribution in [0.3, 0.4) is 0 Å². The van der Waals surface area contributed by atoms with Crippen molar-refractivity contribution >= 4 is 0 Å². The first-order chi connectivity index (χ1) is 6.20. The van der Waals surface area contributed by atoms with E-state index < -0.39 is 0 Å². The van der Waals surface area contributed by atoms with Crippen molar-refractivity contribution in [3.8, 4) is 0 Å². The van der Waals surface area contributed by atoms with Crippen LogP contribution in [0.4, 0.5) is 0 Å². The number of rotatable bonds is 6. The van der Waals surface area contributed by atoms with Crippen LogP contribution in [0, 0.1) is 38.2 Å². The number of hydrogen-bond acceptors (Lipinski definition) is 1. The predicted octanol–water partition coefficient (Wildman–Crippen LogP) is 3.36. The van der Waals surface area contributed by atoms with Crippen LogP contribution in [-0.4, -0.2) is 0 Å². The van der Waals surface area contributed by atoms with Gasteiger partial charge in [0, 0.05) is 0 Å². The van der Waals surface area contributed by atoms with E-state index in [9.17, 15) is 0 Å². The fourth-order valence-corrected chi connectivity index (χ4v) is 0.501. The van der Waals surface area contributed by atoms with Gasteiger partial charge in [-0.2, -0.15) is 0 Å². The van der Waals surface area contributed by atoms with Crippen molar-refractivity contribution in [1.29, 1.82) is 0 Å². The van der Waals surface area contributed by atoms with Crippen LogP contribution in [0.25, 0.3) is 0 Å². The summed E-state index contributed by atoms with van der Waals surface area (Å²) in [7, 11) is 0. The van der Waals surface area contributed by atoms with Crippen LogP contribution in [0.15, 0.2) is 12.2 Å². The Kier molecular flexibility index (Phi) is 7.47. The minimum atomic E-state index is 0.409. The van der Waals surface area contributed by atoms with Gasteiger partial charge in [0.2, 0.25) is 0 Å². The van der Waals surface area contributed by atoms with Gasteiger partial charge in [-0.3, -0.25) is 0 Å². The molecule has 13 heavy (non-hydrogen) atoms. The van der Waals surface area contributed by atoms with E-state index in [0.29, 0.717) is 11.8 Å². The molecule has 1 nitrogen and oxygen atoms in total. The molecule has 0 aromatic rings.